The summed E-state index contributed by atoms with van der Waals surface area (Å²) in [5.74, 6) is 1.11. The molecule has 7 aromatic carbocycles. The van der Waals surface area contributed by atoms with E-state index in [1.807, 2.05) is 30.3 Å². The molecule has 0 heterocycles. The molecule has 0 amide bonds. The predicted molar refractivity (Wildman–Crippen MR) is 234 cm³/mol. The van der Waals surface area contributed by atoms with Gasteiger partial charge in [0.25, 0.3) is 0 Å². The number of fused-ring (bicyclic) bond motifs is 3. The molecule has 8 rings (SSSR count). The molecule has 0 aromatic heterocycles. The second-order valence-electron chi connectivity index (χ2n) is 14.4. The maximum atomic E-state index is 3.81. The Hall–Kier alpha value is -3.04. The Morgan fingerprint density at radius 2 is 1.21 bits per heavy atom. The Labute approximate surface area is 379 Å². The van der Waals surface area contributed by atoms with Crippen molar-refractivity contribution >= 4 is 35.1 Å². The molecule has 0 fully saturated rings. The van der Waals surface area contributed by atoms with Crippen molar-refractivity contribution in [2.45, 2.75) is 52.4 Å². The van der Waals surface area contributed by atoms with E-state index < -0.39 is 0 Å². The molecule has 0 radical (unpaired) electrons. The predicted octanol–water partition coefficient (Wildman–Crippen LogP) is 8.15. The molecule has 0 nitrogen and oxygen atoms in total. The summed E-state index contributed by atoms with van der Waals surface area (Å²) in [6.45, 7) is 6.88. The van der Waals surface area contributed by atoms with Gasteiger partial charge >= 0.3 is 141 Å². The van der Waals surface area contributed by atoms with Gasteiger partial charge in [-0.15, -0.1) is 11.1 Å². The van der Waals surface area contributed by atoms with Crippen molar-refractivity contribution in [1.82, 2.24) is 0 Å². The minimum absolute atomic E-state index is 0. The van der Waals surface area contributed by atoms with Crippen LogP contribution in [0, 0.1) is 18.9 Å². The van der Waals surface area contributed by atoms with Gasteiger partial charge in [-0.05, 0) is 59.4 Å². The average molecular weight is 981 g/mol. The topological polar surface area (TPSA) is 0 Å². The molecule has 1 unspecified atom stereocenters. The third-order valence-electron chi connectivity index (χ3n) is 9.97. The summed E-state index contributed by atoms with van der Waals surface area (Å²) < 4.78 is 3.86. The molecule has 1 aliphatic rings. The van der Waals surface area contributed by atoms with Crippen molar-refractivity contribution in [1.29, 1.82) is 0 Å². The Bertz CT molecular complexity index is 2160. The quantitative estimate of drug-likeness (QED) is 0.128. The maximum absolute atomic E-state index is 3.81. The van der Waals surface area contributed by atoms with Gasteiger partial charge in [0, 0.05) is 0 Å². The minimum atomic E-state index is 0. The summed E-state index contributed by atoms with van der Waals surface area (Å²) in [5, 5.41) is 0. The first-order chi connectivity index (χ1) is 26.2. The Morgan fingerprint density at radius 1 is 0.661 bits per heavy atom. The van der Waals surface area contributed by atoms with E-state index in [4.69, 9.17) is 0 Å². The van der Waals surface area contributed by atoms with Crippen molar-refractivity contribution in [3.8, 4) is 22.3 Å². The molecule has 0 saturated heterocycles. The molecular weight excluding hydrogens is 934 g/mol. The molecular formula is C51H46Br2Cl2Zr-2. The van der Waals surface area contributed by atoms with Gasteiger partial charge in [-0.3, -0.25) is 0 Å². The van der Waals surface area contributed by atoms with Crippen LogP contribution in [-0.4, -0.2) is 3.21 Å². The van der Waals surface area contributed by atoms with Crippen LogP contribution in [0.1, 0.15) is 58.7 Å². The van der Waals surface area contributed by atoms with E-state index in [9.17, 15) is 0 Å². The second-order valence-corrected chi connectivity index (χ2v) is 17.9. The summed E-state index contributed by atoms with van der Waals surface area (Å²) in [5.41, 5.74) is 15.1. The summed E-state index contributed by atoms with van der Waals surface area (Å²) in [4.78, 5) is 0. The van der Waals surface area contributed by atoms with Gasteiger partial charge in [0.2, 0.25) is 0 Å². The maximum Gasteiger partial charge on any atom is -0.0118 e. The first-order valence-electron chi connectivity index (χ1n) is 18.7. The van der Waals surface area contributed by atoms with Gasteiger partial charge in [-0.25, -0.2) is 12.1 Å². The molecule has 0 aliphatic heterocycles. The van der Waals surface area contributed by atoms with Gasteiger partial charge in [-0.2, -0.15) is 42.0 Å². The largest absolute Gasteiger partial charge is 1.00 e. The van der Waals surface area contributed by atoms with Crippen molar-refractivity contribution < 1.29 is 49.0 Å². The SMILES string of the molecule is Brc1ccc(C[C](=[Zr+2])Cc2ccc(Br)cc2)cc1.Cc1cc2c(cc1-c1ccccc1)Cc1[c-]c(CC(c3ccccc3)C(C)C)ccc1-2.[Cl-].[Cl-].c1cc[cH-]c1. The van der Waals surface area contributed by atoms with Crippen molar-refractivity contribution in [2.24, 2.45) is 5.92 Å². The molecule has 0 saturated carbocycles. The van der Waals surface area contributed by atoms with Crippen molar-refractivity contribution in [3.63, 3.8) is 0 Å². The molecule has 284 valence electrons. The molecule has 56 heavy (non-hydrogen) atoms. The number of hydrogen-bond donors (Lipinski definition) is 0. The molecule has 0 N–H and O–H groups in total. The van der Waals surface area contributed by atoms with Gasteiger partial charge in [0.05, 0.1) is 0 Å². The molecule has 7 aromatic rings. The summed E-state index contributed by atoms with van der Waals surface area (Å²) in [6.07, 6.45) is 4.19. The first-order valence-corrected chi connectivity index (χ1v) is 21.5. The van der Waals surface area contributed by atoms with Gasteiger partial charge < -0.3 is 24.8 Å². The minimum Gasteiger partial charge on any atom is -1.00 e. The Morgan fingerprint density at radius 3 is 1.73 bits per heavy atom. The van der Waals surface area contributed by atoms with E-state index in [1.54, 1.807) is 3.21 Å². The van der Waals surface area contributed by atoms with Crippen molar-refractivity contribution in [3.05, 3.63) is 218 Å². The molecule has 5 heteroatoms. The number of rotatable bonds is 9. The summed E-state index contributed by atoms with van der Waals surface area (Å²) >= 11 is 8.46. The summed E-state index contributed by atoms with van der Waals surface area (Å²) in [6, 6.07) is 62.1. The van der Waals surface area contributed by atoms with Crippen LogP contribution in [0.4, 0.5) is 0 Å². The third-order valence-corrected chi connectivity index (χ3v) is 11.9. The number of hydrogen-bond acceptors (Lipinski definition) is 0. The van der Waals surface area contributed by atoms with E-state index in [0.717, 1.165) is 34.6 Å². The zero-order valence-electron chi connectivity index (χ0n) is 32.1. The van der Waals surface area contributed by atoms with Gasteiger partial charge in [0.1, 0.15) is 0 Å². The van der Waals surface area contributed by atoms with Gasteiger partial charge in [0.15, 0.2) is 0 Å². The van der Waals surface area contributed by atoms with E-state index in [2.05, 4.69) is 192 Å². The Balaban J connectivity index is 0.000000236. The average Bonchev–Trinajstić information content (AvgIpc) is 3.88. The van der Waals surface area contributed by atoms with Gasteiger partial charge in [-0.1, -0.05) is 92.2 Å². The fraction of sp³-hybridized carbons (Fsp3) is 0.176. The molecule has 0 spiro atoms. The zero-order valence-corrected chi connectivity index (χ0v) is 39.2. The van der Waals surface area contributed by atoms with Crippen LogP contribution in [0.25, 0.3) is 22.3 Å². The van der Waals surface area contributed by atoms with Crippen LogP contribution in [0.3, 0.4) is 0 Å². The van der Waals surface area contributed by atoms with E-state index in [-0.39, 0.29) is 24.8 Å². The van der Waals surface area contributed by atoms with Crippen LogP contribution in [0.5, 0.6) is 0 Å². The fourth-order valence-corrected chi connectivity index (χ4v) is 8.66. The molecule has 1 atom stereocenters. The Kier molecular flexibility index (Phi) is 18.6. The van der Waals surface area contributed by atoms with Crippen LogP contribution >= 0.6 is 31.9 Å². The molecule has 1 aliphatic carbocycles. The summed E-state index contributed by atoms with van der Waals surface area (Å²) in [7, 11) is 0. The smallest absolute Gasteiger partial charge is 0.0118 e. The van der Waals surface area contributed by atoms with Crippen molar-refractivity contribution in [2.75, 3.05) is 0 Å². The number of aryl methyl sites for hydroxylation is 1. The normalized spacial score (nSPS) is 11.4. The van der Waals surface area contributed by atoms with Crippen LogP contribution in [0.15, 0.2) is 173 Å². The van der Waals surface area contributed by atoms with E-state index in [1.165, 1.54) is 85.4 Å². The first kappa shape index (κ1) is 45.7. The fourth-order valence-electron chi connectivity index (χ4n) is 7.12. The second kappa shape index (κ2) is 22.8. The van der Waals surface area contributed by atoms with E-state index in [0.29, 0.717) is 11.8 Å². The standard InChI is InChI=1S/C31H29.C15H12Br2.C5H5.2ClH.Zr/c1-21(2)29(24-10-6-4-7-11-24)18-23-14-15-28-26(17-23)19-27-20-30(22(3)16-31(27)28)25-12-8-5-9-13-25;16-14-8-4-12(5-9-14)2-1-3-13-6-10-15(17)11-7-13;1-2-4-5-3-1;;;/h4-16,20-21,29H,18-19H2,1-3H3;4-11H,2-3H2;1-5H;2*1H;/q-1;;-1;;;+2/p-2. The monoisotopic (exact) mass is 976 g/mol. The molecule has 0 bridgehead atoms. The van der Waals surface area contributed by atoms with Crippen LogP contribution < -0.4 is 24.8 Å². The zero-order chi connectivity index (χ0) is 37.9. The van der Waals surface area contributed by atoms with Crippen LogP contribution in [-0.2, 0) is 49.9 Å². The number of halogens is 4. The third kappa shape index (κ3) is 13.0. The van der Waals surface area contributed by atoms with Crippen LogP contribution in [0.2, 0.25) is 0 Å². The number of benzene rings is 6. The van der Waals surface area contributed by atoms with E-state index >= 15 is 0 Å².